The van der Waals surface area contributed by atoms with Crippen molar-refractivity contribution in [2.24, 2.45) is 0 Å². The van der Waals surface area contributed by atoms with E-state index >= 15 is 0 Å². The van der Waals surface area contributed by atoms with Gasteiger partial charge in [-0.1, -0.05) is 18.2 Å². The minimum atomic E-state index is -0.367. The quantitative estimate of drug-likeness (QED) is 0.678. The van der Waals surface area contributed by atoms with E-state index in [1.54, 1.807) is 6.92 Å². The van der Waals surface area contributed by atoms with E-state index < -0.39 is 0 Å². The summed E-state index contributed by atoms with van der Waals surface area (Å²) < 4.78 is 7.37. The van der Waals surface area contributed by atoms with Gasteiger partial charge in [-0.25, -0.2) is 9.78 Å². The summed E-state index contributed by atoms with van der Waals surface area (Å²) in [6, 6.07) is 10.4. The van der Waals surface area contributed by atoms with E-state index in [0.717, 1.165) is 22.0 Å². The van der Waals surface area contributed by atoms with Gasteiger partial charge in [-0.2, -0.15) is 0 Å². The summed E-state index contributed by atoms with van der Waals surface area (Å²) in [6.45, 7) is 8.41. The van der Waals surface area contributed by atoms with Gasteiger partial charge in [-0.05, 0) is 39.8 Å². The first-order chi connectivity index (χ1) is 10.5. The Bertz CT molecular complexity index is 862. The number of aromatic nitrogens is 2. The summed E-state index contributed by atoms with van der Waals surface area (Å²) in [7, 11) is 0. The molecule has 0 atom stereocenters. The topological polar surface area (TPSA) is 44.1 Å². The lowest BCUT2D eigenvalue weighted by atomic mass is 10.1. The van der Waals surface area contributed by atoms with Gasteiger partial charge in [0.05, 0.1) is 17.8 Å². The molecule has 0 aliphatic rings. The Balaban J connectivity index is 2.39. The van der Waals surface area contributed by atoms with Crippen LogP contribution in [-0.2, 0) is 4.74 Å². The number of para-hydroxylation sites is 1. The maximum atomic E-state index is 12.0. The molecule has 0 saturated carbocycles. The van der Waals surface area contributed by atoms with Crippen LogP contribution in [0, 0.1) is 6.92 Å². The molecule has 0 amide bonds. The smallest absolute Gasteiger partial charge is 0.356 e. The number of ether oxygens (including phenoxy) is 1. The van der Waals surface area contributed by atoms with Gasteiger partial charge in [-0.3, -0.25) is 0 Å². The van der Waals surface area contributed by atoms with E-state index in [4.69, 9.17) is 4.74 Å². The molecule has 1 aromatic carbocycles. The second-order valence-corrected chi connectivity index (χ2v) is 5.69. The molecule has 3 rings (SSSR count). The summed E-state index contributed by atoms with van der Waals surface area (Å²) >= 11 is 0. The van der Waals surface area contributed by atoms with Crippen molar-refractivity contribution in [3.8, 4) is 0 Å². The number of hydrogen-bond donors (Lipinski definition) is 0. The van der Waals surface area contributed by atoms with Gasteiger partial charge in [0, 0.05) is 22.3 Å². The van der Waals surface area contributed by atoms with E-state index in [2.05, 4.69) is 35.5 Å². The molecule has 0 fully saturated rings. The predicted molar refractivity (Wildman–Crippen MR) is 88.3 cm³/mol. The molecule has 4 nitrogen and oxygen atoms in total. The van der Waals surface area contributed by atoms with Gasteiger partial charge in [0.15, 0.2) is 0 Å². The van der Waals surface area contributed by atoms with Crippen LogP contribution in [0.2, 0.25) is 0 Å². The van der Waals surface area contributed by atoms with E-state index in [1.165, 1.54) is 5.52 Å². The Labute approximate surface area is 129 Å². The Morgan fingerprint density at radius 3 is 2.68 bits per heavy atom. The fourth-order valence-corrected chi connectivity index (χ4v) is 3.05. The number of hydrogen-bond acceptors (Lipinski definition) is 3. The van der Waals surface area contributed by atoms with Crippen molar-refractivity contribution >= 4 is 27.8 Å². The Morgan fingerprint density at radius 1 is 1.27 bits per heavy atom. The normalized spacial score (nSPS) is 11.5. The largest absolute Gasteiger partial charge is 0.461 e. The Morgan fingerprint density at radius 2 is 2.00 bits per heavy atom. The highest BCUT2D eigenvalue weighted by molar-refractivity contribution is 6.10. The van der Waals surface area contributed by atoms with Gasteiger partial charge in [0.2, 0.25) is 0 Å². The number of carbonyl (C=O) groups excluding carboxylic acids is 1. The lowest BCUT2D eigenvalue weighted by Crippen LogP contribution is -2.09. The number of aryl methyl sites for hydroxylation is 1. The molecular weight excluding hydrogens is 276 g/mol. The summed E-state index contributed by atoms with van der Waals surface area (Å²) in [6.07, 6.45) is 0. The maximum Gasteiger partial charge on any atom is 0.356 e. The molecule has 114 valence electrons. The number of pyridine rings is 1. The van der Waals surface area contributed by atoms with Crippen LogP contribution in [0.1, 0.15) is 43.0 Å². The van der Waals surface area contributed by atoms with Crippen molar-refractivity contribution in [3.05, 3.63) is 41.7 Å². The molecule has 2 heterocycles. The van der Waals surface area contributed by atoms with Crippen LogP contribution in [0.25, 0.3) is 21.8 Å². The van der Waals surface area contributed by atoms with Crippen molar-refractivity contribution in [1.29, 1.82) is 0 Å². The van der Waals surface area contributed by atoms with Crippen LogP contribution in [0.15, 0.2) is 30.3 Å². The highest BCUT2D eigenvalue weighted by Crippen LogP contribution is 2.33. The summed E-state index contributed by atoms with van der Waals surface area (Å²) in [5.74, 6) is -0.367. The third-order valence-corrected chi connectivity index (χ3v) is 3.86. The number of benzene rings is 1. The average Bonchev–Trinajstić information content (AvgIpc) is 2.83. The van der Waals surface area contributed by atoms with Crippen LogP contribution >= 0.6 is 0 Å². The molecule has 3 aromatic rings. The van der Waals surface area contributed by atoms with Crippen molar-refractivity contribution in [3.63, 3.8) is 0 Å². The van der Waals surface area contributed by atoms with E-state index in [-0.39, 0.29) is 5.97 Å². The highest BCUT2D eigenvalue weighted by atomic mass is 16.5. The average molecular weight is 296 g/mol. The molecule has 0 spiro atoms. The Hall–Kier alpha value is -2.36. The number of fused-ring (bicyclic) bond motifs is 3. The molecule has 22 heavy (non-hydrogen) atoms. The third-order valence-electron chi connectivity index (χ3n) is 3.86. The fraction of sp³-hybridized carbons (Fsp3) is 0.333. The first-order valence-corrected chi connectivity index (χ1v) is 7.62. The summed E-state index contributed by atoms with van der Waals surface area (Å²) in [5.41, 5.74) is 3.48. The van der Waals surface area contributed by atoms with Crippen molar-refractivity contribution < 1.29 is 9.53 Å². The van der Waals surface area contributed by atoms with E-state index in [0.29, 0.717) is 18.3 Å². The van der Waals surface area contributed by atoms with Crippen LogP contribution in [0.5, 0.6) is 0 Å². The van der Waals surface area contributed by atoms with Crippen LogP contribution in [0.3, 0.4) is 0 Å². The number of rotatable bonds is 3. The highest BCUT2D eigenvalue weighted by Gasteiger charge is 2.18. The minimum Gasteiger partial charge on any atom is -0.461 e. The standard InChI is InChI=1S/C18H20N2O2/c1-5-22-18(21)15-10-14-13-8-6-7-9-16(13)20(11(2)3)17(14)12(4)19-15/h6-11H,5H2,1-4H3. The number of carbonyl (C=O) groups is 1. The first-order valence-electron chi connectivity index (χ1n) is 7.62. The molecule has 0 saturated heterocycles. The van der Waals surface area contributed by atoms with Crippen molar-refractivity contribution in [1.82, 2.24) is 9.55 Å². The molecule has 4 heteroatoms. The molecule has 0 radical (unpaired) electrons. The third kappa shape index (κ3) is 2.15. The molecular formula is C18H20N2O2. The summed E-state index contributed by atoms with van der Waals surface area (Å²) in [5, 5.41) is 2.20. The van der Waals surface area contributed by atoms with Crippen LogP contribution in [-0.4, -0.2) is 22.1 Å². The number of esters is 1. The molecule has 0 aliphatic carbocycles. The molecule has 0 N–H and O–H groups in total. The zero-order chi connectivity index (χ0) is 15.9. The lowest BCUT2D eigenvalue weighted by Gasteiger charge is -2.13. The SMILES string of the molecule is CCOC(=O)c1cc2c3ccccc3n(C(C)C)c2c(C)n1. The zero-order valence-corrected chi connectivity index (χ0v) is 13.4. The van der Waals surface area contributed by atoms with Crippen molar-refractivity contribution in [2.75, 3.05) is 6.61 Å². The second kappa shape index (κ2) is 5.44. The Kier molecular flexibility index (Phi) is 3.61. The first kappa shape index (κ1) is 14.6. The minimum absolute atomic E-state index is 0.316. The number of nitrogens with zero attached hydrogens (tertiary/aromatic N) is 2. The maximum absolute atomic E-state index is 12.0. The van der Waals surface area contributed by atoms with E-state index in [9.17, 15) is 4.79 Å². The summed E-state index contributed by atoms with van der Waals surface area (Å²) in [4.78, 5) is 16.5. The zero-order valence-electron chi connectivity index (χ0n) is 13.4. The molecule has 0 unspecified atom stereocenters. The monoisotopic (exact) mass is 296 g/mol. The second-order valence-electron chi connectivity index (χ2n) is 5.69. The van der Waals surface area contributed by atoms with Gasteiger partial charge >= 0.3 is 5.97 Å². The van der Waals surface area contributed by atoms with Gasteiger partial charge in [-0.15, -0.1) is 0 Å². The van der Waals surface area contributed by atoms with Crippen molar-refractivity contribution in [2.45, 2.75) is 33.7 Å². The molecule has 2 aromatic heterocycles. The van der Waals surface area contributed by atoms with Gasteiger partial charge in [0.25, 0.3) is 0 Å². The molecule has 0 aliphatic heterocycles. The fourth-order valence-electron chi connectivity index (χ4n) is 3.05. The van der Waals surface area contributed by atoms with Gasteiger partial charge < -0.3 is 9.30 Å². The van der Waals surface area contributed by atoms with Gasteiger partial charge in [0.1, 0.15) is 5.69 Å². The van der Waals surface area contributed by atoms with Crippen LogP contribution in [0.4, 0.5) is 0 Å². The predicted octanol–water partition coefficient (Wildman–Crippen LogP) is 4.26. The van der Waals surface area contributed by atoms with Crippen LogP contribution < -0.4 is 0 Å². The molecule has 0 bridgehead atoms. The van der Waals surface area contributed by atoms with E-state index in [1.807, 2.05) is 25.1 Å². The lowest BCUT2D eigenvalue weighted by molar-refractivity contribution is 0.0519.